The molecule has 0 aliphatic rings. The quantitative estimate of drug-likeness (QED) is 0.705. The predicted molar refractivity (Wildman–Crippen MR) is 69.7 cm³/mol. The van der Waals surface area contributed by atoms with Crippen LogP contribution in [0, 0.1) is 17.6 Å². The molecule has 0 saturated heterocycles. The molecule has 0 saturated carbocycles. The molecule has 0 aliphatic heterocycles. The standard InChI is InChI=1S/C12H15BrF2S/c1-7(2)8(3)16-6-9-11(14)5-4-10(13)12(9)15/h4-5,7-8H,6H2,1-3H3. The average molecular weight is 309 g/mol. The maximum atomic E-state index is 13.6. The highest BCUT2D eigenvalue weighted by Crippen LogP contribution is 2.28. The molecular weight excluding hydrogens is 294 g/mol. The lowest BCUT2D eigenvalue weighted by molar-refractivity contribution is 0.561. The molecule has 90 valence electrons. The third kappa shape index (κ3) is 3.45. The molecule has 1 aromatic carbocycles. The Kier molecular flexibility index (Phi) is 5.25. The van der Waals surface area contributed by atoms with Crippen LogP contribution in [0.3, 0.4) is 0 Å². The number of hydrogen-bond acceptors (Lipinski definition) is 1. The van der Waals surface area contributed by atoms with Gasteiger partial charge in [0.05, 0.1) is 4.47 Å². The molecule has 1 rings (SSSR count). The number of rotatable bonds is 4. The van der Waals surface area contributed by atoms with Crippen LogP contribution in [0.2, 0.25) is 0 Å². The van der Waals surface area contributed by atoms with Gasteiger partial charge in [0, 0.05) is 16.6 Å². The van der Waals surface area contributed by atoms with Crippen LogP contribution in [0.4, 0.5) is 8.78 Å². The minimum Gasteiger partial charge on any atom is -0.207 e. The van der Waals surface area contributed by atoms with Crippen molar-refractivity contribution in [3.05, 3.63) is 33.8 Å². The summed E-state index contributed by atoms with van der Waals surface area (Å²) in [7, 11) is 0. The normalized spacial score (nSPS) is 13.2. The van der Waals surface area contributed by atoms with Crippen molar-refractivity contribution in [2.75, 3.05) is 0 Å². The molecule has 1 aromatic rings. The molecule has 0 fully saturated rings. The van der Waals surface area contributed by atoms with E-state index >= 15 is 0 Å². The molecule has 1 unspecified atom stereocenters. The van der Waals surface area contributed by atoms with Crippen LogP contribution in [0.25, 0.3) is 0 Å². The molecule has 0 spiro atoms. The third-order valence-electron chi connectivity index (χ3n) is 2.57. The fourth-order valence-electron chi connectivity index (χ4n) is 1.11. The molecule has 0 aliphatic carbocycles. The summed E-state index contributed by atoms with van der Waals surface area (Å²) in [6, 6.07) is 2.69. The van der Waals surface area contributed by atoms with Crippen molar-refractivity contribution in [1.82, 2.24) is 0 Å². The van der Waals surface area contributed by atoms with E-state index in [2.05, 4.69) is 36.7 Å². The Hall–Kier alpha value is -0.0900. The summed E-state index contributed by atoms with van der Waals surface area (Å²) in [5, 5.41) is 0.387. The van der Waals surface area contributed by atoms with Crippen molar-refractivity contribution in [3.8, 4) is 0 Å². The van der Waals surface area contributed by atoms with Crippen LogP contribution in [0.15, 0.2) is 16.6 Å². The molecule has 4 heteroatoms. The van der Waals surface area contributed by atoms with Crippen molar-refractivity contribution < 1.29 is 8.78 Å². The summed E-state index contributed by atoms with van der Waals surface area (Å²) in [4.78, 5) is 0. The van der Waals surface area contributed by atoms with Crippen molar-refractivity contribution in [2.24, 2.45) is 5.92 Å². The molecule has 1 atom stereocenters. The molecule has 0 amide bonds. The van der Waals surface area contributed by atoms with E-state index in [1.54, 1.807) is 11.8 Å². The van der Waals surface area contributed by atoms with E-state index < -0.39 is 11.6 Å². The number of thioether (sulfide) groups is 1. The summed E-state index contributed by atoms with van der Waals surface area (Å²) in [6.07, 6.45) is 0. The van der Waals surface area contributed by atoms with E-state index in [9.17, 15) is 8.78 Å². The lowest BCUT2D eigenvalue weighted by Crippen LogP contribution is -2.07. The van der Waals surface area contributed by atoms with Crippen molar-refractivity contribution in [2.45, 2.75) is 31.8 Å². The van der Waals surface area contributed by atoms with Crippen LogP contribution < -0.4 is 0 Å². The Bertz CT molecular complexity index is 366. The van der Waals surface area contributed by atoms with Crippen molar-refractivity contribution in [3.63, 3.8) is 0 Å². The SMILES string of the molecule is CC(C)C(C)SCc1c(F)ccc(Br)c1F. The minimum absolute atomic E-state index is 0.159. The van der Waals surface area contributed by atoms with E-state index in [0.717, 1.165) is 0 Å². The second kappa shape index (κ2) is 6.01. The van der Waals surface area contributed by atoms with Gasteiger partial charge in [-0.3, -0.25) is 0 Å². The van der Waals surface area contributed by atoms with Gasteiger partial charge in [-0.2, -0.15) is 11.8 Å². The largest absolute Gasteiger partial charge is 0.207 e. The first-order valence-corrected chi connectivity index (χ1v) is 7.01. The van der Waals surface area contributed by atoms with Gasteiger partial charge in [0.25, 0.3) is 0 Å². The average Bonchev–Trinajstić information content (AvgIpc) is 2.23. The van der Waals surface area contributed by atoms with Crippen LogP contribution in [0.5, 0.6) is 0 Å². The second-order valence-electron chi connectivity index (χ2n) is 4.08. The molecule has 0 radical (unpaired) electrons. The zero-order valence-corrected chi connectivity index (χ0v) is 12.0. The smallest absolute Gasteiger partial charge is 0.144 e. The fourth-order valence-corrected chi connectivity index (χ4v) is 2.56. The van der Waals surface area contributed by atoms with Gasteiger partial charge in [-0.15, -0.1) is 0 Å². The highest BCUT2D eigenvalue weighted by atomic mass is 79.9. The zero-order chi connectivity index (χ0) is 12.3. The first-order chi connectivity index (χ1) is 7.43. The topological polar surface area (TPSA) is 0 Å². The van der Waals surface area contributed by atoms with E-state index in [0.29, 0.717) is 21.4 Å². The van der Waals surface area contributed by atoms with Crippen LogP contribution in [-0.4, -0.2) is 5.25 Å². The molecule has 16 heavy (non-hydrogen) atoms. The fraction of sp³-hybridized carbons (Fsp3) is 0.500. The Balaban J connectivity index is 2.77. The molecule has 0 bridgehead atoms. The molecule has 0 nitrogen and oxygen atoms in total. The second-order valence-corrected chi connectivity index (χ2v) is 6.30. The highest BCUT2D eigenvalue weighted by Gasteiger charge is 2.15. The highest BCUT2D eigenvalue weighted by molar-refractivity contribution is 9.10. The van der Waals surface area contributed by atoms with Gasteiger partial charge in [-0.05, 0) is 34.0 Å². The lowest BCUT2D eigenvalue weighted by Gasteiger charge is -2.15. The maximum absolute atomic E-state index is 13.6. The number of benzene rings is 1. The minimum atomic E-state index is -0.483. The van der Waals surface area contributed by atoms with Gasteiger partial charge in [0.15, 0.2) is 0 Å². The van der Waals surface area contributed by atoms with E-state index in [1.165, 1.54) is 12.1 Å². The maximum Gasteiger partial charge on any atom is 0.144 e. The van der Waals surface area contributed by atoms with Crippen molar-refractivity contribution in [1.29, 1.82) is 0 Å². The zero-order valence-electron chi connectivity index (χ0n) is 9.56. The van der Waals surface area contributed by atoms with Gasteiger partial charge in [-0.1, -0.05) is 20.8 Å². The first-order valence-electron chi connectivity index (χ1n) is 5.17. The Morgan fingerprint density at radius 1 is 1.25 bits per heavy atom. The summed E-state index contributed by atoms with van der Waals surface area (Å²) in [5.74, 6) is -0.0768. The van der Waals surface area contributed by atoms with E-state index in [-0.39, 0.29) is 5.56 Å². The molecule has 0 heterocycles. The van der Waals surface area contributed by atoms with Crippen molar-refractivity contribution >= 4 is 27.7 Å². The van der Waals surface area contributed by atoms with Gasteiger partial charge in [0.1, 0.15) is 11.6 Å². The van der Waals surface area contributed by atoms with Gasteiger partial charge in [0.2, 0.25) is 0 Å². The predicted octanol–water partition coefficient (Wildman–Crippen LogP) is 5.01. The Labute approximate surface area is 108 Å². The summed E-state index contributed by atoms with van der Waals surface area (Å²) in [6.45, 7) is 6.28. The van der Waals surface area contributed by atoms with Gasteiger partial charge >= 0.3 is 0 Å². The van der Waals surface area contributed by atoms with Crippen LogP contribution >= 0.6 is 27.7 Å². The van der Waals surface area contributed by atoms with Crippen LogP contribution in [-0.2, 0) is 5.75 Å². The van der Waals surface area contributed by atoms with Gasteiger partial charge < -0.3 is 0 Å². The molecular formula is C12H15BrF2S. The Morgan fingerprint density at radius 2 is 1.88 bits per heavy atom. The van der Waals surface area contributed by atoms with E-state index in [1.807, 2.05) is 0 Å². The monoisotopic (exact) mass is 308 g/mol. The Morgan fingerprint density at radius 3 is 2.44 bits per heavy atom. The third-order valence-corrected chi connectivity index (χ3v) is 4.71. The van der Waals surface area contributed by atoms with Gasteiger partial charge in [-0.25, -0.2) is 8.78 Å². The lowest BCUT2D eigenvalue weighted by atomic mass is 10.2. The first kappa shape index (κ1) is 14.0. The van der Waals surface area contributed by atoms with Crippen LogP contribution in [0.1, 0.15) is 26.3 Å². The number of halogens is 3. The summed E-state index contributed by atoms with van der Waals surface area (Å²) < 4.78 is 27.3. The number of hydrogen-bond donors (Lipinski definition) is 0. The summed E-state index contributed by atoms with van der Waals surface area (Å²) in [5.41, 5.74) is 0.159. The summed E-state index contributed by atoms with van der Waals surface area (Å²) >= 11 is 4.64. The molecule has 0 N–H and O–H groups in total. The van der Waals surface area contributed by atoms with E-state index in [4.69, 9.17) is 0 Å². The molecule has 0 aromatic heterocycles.